The first-order valence-electron chi connectivity index (χ1n) is 10.9. The Morgan fingerprint density at radius 3 is 2.28 bits per heavy atom. The highest BCUT2D eigenvalue weighted by molar-refractivity contribution is 7.71. The summed E-state index contributed by atoms with van der Waals surface area (Å²) in [5.41, 5.74) is 1.44. The van der Waals surface area contributed by atoms with Crippen molar-refractivity contribution in [3.05, 3.63) is 76.3 Å². The molecule has 0 radical (unpaired) electrons. The lowest BCUT2D eigenvalue weighted by Crippen LogP contribution is -2.32. The van der Waals surface area contributed by atoms with Gasteiger partial charge in [-0.3, -0.25) is 14.4 Å². The van der Waals surface area contributed by atoms with E-state index in [-0.39, 0.29) is 23.7 Å². The van der Waals surface area contributed by atoms with E-state index in [9.17, 15) is 8.78 Å². The highest BCUT2D eigenvalue weighted by Gasteiger charge is 2.34. The van der Waals surface area contributed by atoms with Crippen molar-refractivity contribution in [3.8, 4) is 5.69 Å². The van der Waals surface area contributed by atoms with Crippen LogP contribution in [0, 0.1) is 16.4 Å². The highest BCUT2D eigenvalue weighted by Crippen LogP contribution is 2.35. The summed E-state index contributed by atoms with van der Waals surface area (Å²) in [5.74, 6) is 0.280. The van der Waals surface area contributed by atoms with Crippen molar-refractivity contribution in [2.75, 3.05) is 14.1 Å². The molecule has 2 atom stereocenters. The maximum Gasteiger partial charge on any atom is 0.203 e. The molecule has 0 saturated heterocycles. The molecule has 5 nitrogen and oxygen atoms in total. The second kappa shape index (κ2) is 9.21. The van der Waals surface area contributed by atoms with E-state index in [1.54, 1.807) is 18.2 Å². The molecular formula is C24H29F2N5S. The van der Waals surface area contributed by atoms with E-state index in [2.05, 4.69) is 16.7 Å². The largest absolute Gasteiger partial charge is 0.300 e. The van der Waals surface area contributed by atoms with Crippen molar-refractivity contribution in [1.29, 1.82) is 0 Å². The number of aromatic nitrogens is 3. The lowest BCUT2D eigenvalue weighted by atomic mass is 10.1. The zero-order chi connectivity index (χ0) is 23.0. The third-order valence-corrected chi connectivity index (χ3v) is 6.66. The van der Waals surface area contributed by atoms with Gasteiger partial charge in [0.2, 0.25) is 4.77 Å². The summed E-state index contributed by atoms with van der Waals surface area (Å²) in [6, 6.07) is 13.4. The van der Waals surface area contributed by atoms with E-state index >= 15 is 0 Å². The molecule has 1 heterocycles. The maximum absolute atomic E-state index is 14.5. The van der Waals surface area contributed by atoms with Gasteiger partial charge in [0.15, 0.2) is 5.82 Å². The van der Waals surface area contributed by atoms with Crippen LogP contribution in [-0.4, -0.2) is 44.3 Å². The van der Waals surface area contributed by atoms with Gasteiger partial charge in [-0.15, -0.1) is 0 Å². The summed E-state index contributed by atoms with van der Waals surface area (Å²) >= 11 is 5.84. The number of nitrogens with zero attached hydrogens (tertiary/aromatic N) is 5. The molecule has 0 aliphatic heterocycles. The molecule has 0 bridgehead atoms. The molecule has 0 N–H and O–H groups in total. The lowest BCUT2D eigenvalue weighted by Gasteiger charge is -2.29. The Bertz CT molecular complexity index is 1130. The summed E-state index contributed by atoms with van der Waals surface area (Å²) in [4.78, 5) is 4.32. The third-order valence-electron chi connectivity index (χ3n) is 6.26. The quantitative estimate of drug-likeness (QED) is 0.419. The molecule has 8 heteroatoms. The third kappa shape index (κ3) is 4.53. The molecule has 4 rings (SSSR count). The molecular weight excluding hydrogens is 428 g/mol. The minimum atomic E-state index is -0.298. The average Bonchev–Trinajstić information content (AvgIpc) is 3.56. The Labute approximate surface area is 192 Å². The summed E-state index contributed by atoms with van der Waals surface area (Å²) in [7, 11) is 3.97. The Kier molecular flexibility index (Phi) is 6.55. The second-order valence-electron chi connectivity index (χ2n) is 8.68. The van der Waals surface area contributed by atoms with Crippen LogP contribution >= 0.6 is 12.2 Å². The van der Waals surface area contributed by atoms with Gasteiger partial charge in [0.1, 0.15) is 11.6 Å². The molecule has 2 aromatic carbocycles. The van der Waals surface area contributed by atoms with Crippen molar-refractivity contribution < 1.29 is 8.78 Å². The number of hydrogen-bond acceptors (Lipinski definition) is 4. The summed E-state index contributed by atoms with van der Waals surface area (Å²) in [6.07, 6.45) is 2.15. The summed E-state index contributed by atoms with van der Waals surface area (Å²) in [5, 5.41) is 4.88. The zero-order valence-electron chi connectivity index (χ0n) is 18.9. The summed E-state index contributed by atoms with van der Waals surface area (Å²) < 4.78 is 32.3. The monoisotopic (exact) mass is 457 g/mol. The van der Waals surface area contributed by atoms with Gasteiger partial charge in [0, 0.05) is 23.3 Å². The molecule has 1 aromatic heterocycles. The molecule has 1 saturated carbocycles. The topological polar surface area (TPSA) is 29.2 Å². The summed E-state index contributed by atoms with van der Waals surface area (Å²) in [6.45, 7) is 4.54. The number of hydrogen-bond donors (Lipinski definition) is 0. The predicted molar refractivity (Wildman–Crippen MR) is 124 cm³/mol. The minimum Gasteiger partial charge on any atom is -0.300 e. The molecule has 1 aliphatic rings. The van der Waals surface area contributed by atoms with Gasteiger partial charge in [-0.2, -0.15) is 5.10 Å². The second-order valence-corrected chi connectivity index (χ2v) is 9.04. The van der Waals surface area contributed by atoms with Gasteiger partial charge in [0.05, 0.1) is 12.7 Å². The Balaban J connectivity index is 1.74. The van der Waals surface area contributed by atoms with Crippen LogP contribution < -0.4 is 0 Å². The van der Waals surface area contributed by atoms with E-state index < -0.39 is 0 Å². The van der Waals surface area contributed by atoms with Crippen molar-refractivity contribution in [3.63, 3.8) is 0 Å². The molecule has 1 fully saturated rings. The minimum absolute atomic E-state index is 0.0126. The fourth-order valence-electron chi connectivity index (χ4n) is 3.96. The van der Waals surface area contributed by atoms with Crippen LogP contribution in [0.5, 0.6) is 0 Å². The van der Waals surface area contributed by atoms with Crippen molar-refractivity contribution >= 4 is 12.2 Å². The van der Waals surface area contributed by atoms with E-state index in [1.165, 1.54) is 18.2 Å². The van der Waals surface area contributed by atoms with Gasteiger partial charge >= 0.3 is 0 Å². The Morgan fingerprint density at radius 2 is 1.69 bits per heavy atom. The first-order valence-corrected chi connectivity index (χ1v) is 11.3. The number of benzene rings is 2. The van der Waals surface area contributed by atoms with E-state index in [0.29, 0.717) is 23.0 Å². The molecule has 2 unspecified atom stereocenters. The number of halogens is 2. The lowest BCUT2D eigenvalue weighted by molar-refractivity contribution is 0.139. The molecule has 32 heavy (non-hydrogen) atoms. The van der Waals surface area contributed by atoms with Crippen LogP contribution in [0.2, 0.25) is 0 Å². The highest BCUT2D eigenvalue weighted by atomic mass is 32.1. The van der Waals surface area contributed by atoms with Crippen LogP contribution in [0.4, 0.5) is 8.78 Å². The first kappa shape index (κ1) is 22.8. The molecule has 0 spiro atoms. The molecule has 1 aliphatic carbocycles. The SMILES string of the molecule is CC(c1nn(CN(C2CC2)C(C)c2ccccc2F)c(=S)n1-c1ccc(F)cc1)N(C)C. The first-order chi connectivity index (χ1) is 15.3. The fraction of sp³-hybridized carbons (Fsp3) is 0.417. The predicted octanol–water partition coefficient (Wildman–Crippen LogP) is 5.49. The van der Waals surface area contributed by atoms with E-state index in [0.717, 1.165) is 24.4 Å². The van der Waals surface area contributed by atoms with E-state index in [4.69, 9.17) is 17.3 Å². The molecule has 0 amide bonds. The van der Waals surface area contributed by atoms with Crippen LogP contribution in [-0.2, 0) is 6.67 Å². The van der Waals surface area contributed by atoms with Crippen LogP contribution in [0.3, 0.4) is 0 Å². The number of rotatable bonds is 8. The van der Waals surface area contributed by atoms with Crippen molar-refractivity contribution in [2.45, 2.75) is 51.5 Å². The fourth-order valence-corrected chi connectivity index (χ4v) is 4.26. The molecule has 170 valence electrons. The van der Waals surface area contributed by atoms with Gasteiger partial charge in [-0.05, 0) is 83.3 Å². The van der Waals surface area contributed by atoms with E-state index in [1.807, 2.05) is 42.4 Å². The normalized spacial score (nSPS) is 16.0. The Morgan fingerprint density at radius 1 is 1.03 bits per heavy atom. The zero-order valence-corrected chi connectivity index (χ0v) is 19.7. The van der Waals surface area contributed by atoms with Gasteiger partial charge in [-0.25, -0.2) is 13.5 Å². The van der Waals surface area contributed by atoms with Crippen LogP contribution in [0.1, 0.15) is 50.2 Å². The maximum atomic E-state index is 14.5. The van der Waals surface area contributed by atoms with Crippen LogP contribution in [0.25, 0.3) is 5.69 Å². The van der Waals surface area contributed by atoms with Crippen molar-refractivity contribution in [2.24, 2.45) is 0 Å². The van der Waals surface area contributed by atoms with Gasteiger partial charge < -0.3 is 0 Å². The average molecular weight is 458 g/mol. The van der Waals surface area contributed by atoms with Crippen LogP contribution in [0.15, 0.2) is 48.5 Å². The Hall–Kier alpha value is -2.42. The molecule has 3 aromatic rings. The van der Waals surface area contributed by atoms with Gasteiger partial charge in [0.25, 0.3) is 0 Å². The standard InChI is InChI=1S/C24H29F2N5S/c1-16(21-7-5-6-8-22(21)26)29(19-13-14-19)15-30-24(32)31(20-11-9-18(25)10-12-20)23(27-30)17(2)28(3)4/h5-12,16-17,19H,13-15H2,1-4H3. The smallest absolute Gasteiger partial charge is 0.203 e. The van der Waals surface area contributed by atoms with Crippen molar-refractivity contribution in [1.82, 2.24) is 24.1 Å². The van der Waals surface area contributed by atoms with Gasteiger partial charge in [-0.1, -0.05) is 18.2 Å².